The molecule has 0 atom stereocenters. The maximum absolute atomic E-state index is 13.0. The molecular formula is C24H27FN6O3S. The minimum Gasteiger partial charge on any atom is -0.497 e. The second-order valence-corrected chi connectivity index (χ2v) is 8.99. The zero-order valence-electron chi connectivity index (χ0n) is 19.4. The van der Waals surface area contributed by atoms with Gasteiger partial charge >= 0.3 is 0 Å². The van der Waals surface area contributed by atoms with Crippen LogP contribution < -0.4 is 20.3 Å². The molecule has 0 saturated carbocycles. The van der Waals surface area contributed by atoms with Gasteiger partial charge in [0.2, 0.25) is 10.0 Å². The number of carbonyl (C=O) groups is 2. The molecule has 0 bridgehead atoms. The SMILES string of the molecule is COc1ccc(N2CCN(CCCNC(=O)c3nnc(C(=O)Nc4ccc(F)cc4)s3)CC2)cc1. The Balaban J connectivity index is 1.15. The van der Waals surface area contributed by atoms with Crippen LogP contribution in [0.2, 0.25) is 0 Å². The first kappa shape index (κ1) is 24.6. The van der Waals surface area contributed by atoms with Gasteiger partial charge in [0, 0.05) is 44.1 Å². The third kappa shape index (κ3) is 6.74. The molecule has 2 N–H and O–H groups in total. The van der Waals surface area contributed by atoms with Crippen LogP contribution in [0.3, 0.4) is 0 Å². The van der Waals surface area contributed by atoms with Crippen molar-refractivity contribution in [2.45, 2.75) is 6.42 Å². The van der Waals surface area contributed by atoms with Gasteiger partial charge < -0.3 is 20.3 Å². The summed E-state index contributed by atoms with van der Waals surface area (Å²) in [5.41, 5.74) is 1.63. The summed E-state index contributed by atoms with van der Waals surface area (Å²) in [6.07, 6.45) is 0.811. The summed E-state index contributed by atoms with van der Waals surface area (Å²) < 4.78 is 18.2. The predicted octanol–water partition coefficient (Wildman–Crippen LogP) is 2.88. The van der Waals surface area contributed by atoms with Gasteiger partial charge in [-0.05, 0) is 61.5 Å². The van der Waals surface area contributed by atoms with Crippen molar-refractivity contribution in [1.29, 1.82) is 0 Å². The summed E-state index contributed by atoms with van der Waals surface area (Å²) in [4.78, 5) is 29.4. The number of carbonyl (C=O) groups excluding carboxylic acids is 2. The van der Waals surface area contributed by atoms with Gasteiger partial charge in [0.15, 0.2) is 0 Å². The van der Waals surface area contributed by atoms with Gasteiger partial charge in [-0.1, -0.05) is 11.3 Å². The number of methoxy groups -OCH3 is 1. The fourth-order valence-electron chi connectivity index (χ4n) is 3.73. The maximum atomic E-state index is 13.0. The molecule has 0 radical (unpaired) electrons. The highest BCUT2D eigenvalue weighted by molar-refractivity contribution is 7.15. The fourth-order valence-corrected chi connectivity index (χ4v) is 4.38. The van der Waals surface area contributed by atoms with Crippen molar-refractivity contribution >= 4 is 34.5 Å². The second kappa shape index (κ2) is 11.7. The first-order chi connectivity index (χ1) is 17.0. The highest BCUT2D eigenvalue weighted by atomic mass is 32.1. The summed E-state index contributed by atoms with van der Waals surface area (Å²) in [7, 11) is 1.66. The van der Waals surface area contributed by atoms with E-state index in [-0.39, 0.29) is 15.9 Å². The van der Waals surface area contributed by atoms with Crippen molar-refractivity contribution in [2.75, 3.05) is 56.6 Å². The van der Waals surface area contributed by atoms with E-state index < -0.39 is 11.7 Å². The Labute approximate surface area is 206 Å². The molecule has 0 unspecified atom stereocenters. The molecule has 184 valence electrons. The summed E-state index contributed by atoms with van der Waals surface area (Å²) in [5.74, 6) is -0.393. The number of nitrogens with one attached hydrogen (secondary N) is 2. The smallest absolute Gasteiger partial charge is 0.286 e. The Morgan fingerprint density at radius 3 is 2.29 bits per heavy atom. The molecule has 1 fully saturated rings. The van der Waals surface area contributed by atoms with Gasteiger partial charge in [0.25, 0.3) is 11.8 Å². The van der Waals surface area contributed by atoms with Gasteiger partial charge in [0.05, 0.1) is 7.11 Å². The lowest BCUT2D eigenvalue weighted by Gasteiger charge is -2.36. The van der Waals surface area contributed by atoms with E-state index in [1.807, 2.05) is 12.1 Å². The molecule has 0 aliphatic carbocycles. The van der Waals surface area contributed by atoms with Crippen LogP contribution in [0.4, 0.5) is 15.8 Å². The minimum absolute atomic E-state index is 0.0641. The molecule has 1 aromatic heterocycles. The van der Waals surface area contributed by atoms with E-state index in [1.165, 1.54) is 30.0 Å². The quantitative estimate of drug-likeness (QED) is 0.438. The molecule has 1 saturated heterocycles. The summed E-state index contributed by atoms with van der Waals surface area (Å²) >= 11 is 0.914. The highest BCUT2D eigenvalue weighted by Gasteiger charge is 2.19. The Kier molecular flexibility index (Phi) is 8.22. The maximum Gasteiger partial charge on any atom is 0.286 e. The largest absolute Gasteiger partial charge is 0.497 e. The van der Waals surface area contributed by atoms with Gasteiger partial charge in [-0.2, -0.15) is 0 Å². The minimum atomic E-state index is -0.498. The Morgan fingerprint density at radius 2 is 1.63 bits per heavy atom. The predicted molar refractivity (Wildman–Crippen MR) is 133 cm³/mol. The van der Waals surface area contributed by atoms with Crippen LogP contribution in [0.5, 0.6) is 5.75 Å². The zero-order chi connectivity index (χ0) is 24.6. The van der Waals surface area contributed by atoms with Crippen LogP contribution in [-0.4, -0.2) is 73.3 Å². The average molecular weight is 499 g/mol. The van der Waals surface area contributed by atoms with E-state index in [4.69, 9.17) is 4.74 Å². The van der Waals surface area contributed by atoms with Crippen molar-refractivity contribution in [2.24, 2.45) is 0 Å². The first-order valence-electron chi connectivity index (χ1n) is 11.3. The lowest BCUT2D eigenvalue weighted by Crippen LogP contribution is -2.47. The van der Waals surface area contributed by atoms with Crippen LogP contribution in [-0.2, 0) is 0 Å². The highest BCUT2D eigenvalue weighted by Crippen LogP contribution is 2.20. The molecule has 4 rings (SSSR count). The van der Waals surface area contributed by atoms with Crippen molar-refractivity contribution in [3.63, 3.8) is 0 Å². The Hall–Kier alpha value is -3.57. The van der Waals surface area contributed by atoms with Crippen LogP contribution in [0, 0.1) is 5.82 Å². The molecule has 11 heteroatoms. The Bertz CT molecular complexity index is 1130. The summed E-state index contributed by atoms with van der Waals surface area (Å²) in [5, 5.41) is 13.2. The molecule has 2 aromatic carbocycles. The molecule has 3 aromatic rings. The molecular weight excluding hydrogens is 471 g/mol. The number of ether oxygens (including phenoxy) is 1. The fraction of sp³-hybridized carbons (Fsp3) is 0.333. The van der Waals surface area contributed by atoms with Crippen molar-refractivity contribution < 1.29 is 18.7 Å². The lowest BCUT2D eigenvalue weighted by molar-refractivity contribution is 0.0949. The molecule has 0 spiro atoms. The van der Waals surface area contributed by atoms with Crippen LogP contribution in [0.15, 0.2) is 48.5 Å². The molecule has 1 aliphatic rings. The molecule has 9 nitrogen and oxygen atoms in total. The topological polar surface area (TPSA) is 99.7 Å². The normalized spacial score (nSPS) is 13.9. The van der Waals surface area contributed by atoms with E-state index in [0.29, 0.717) is 12.2 Å². The van der Waals surface area contributed by atoms with Crippen molar-refractivity contribution in [3.8, 4) is 5.75 Å². The first-order valence-corrected chi connectivity index (χ1v) is 12.1. The van der Waals surface area contributed by atoms with Crippen LogP contribution >= 0.6 is 11.3 Å². The number of benzene rings is 2. The molecule has 1 aliphatic heterocycles. The number of aromatic nitrogens is 2. The van der Waals surface area contributed by atoms with Crippen molar-refractivity contribution in [1.82, 2.24) is 20.4 Å². The van der Waals surface area contributed by atoms with E-state index in [0.717, 1.165) is 56.2 Å². The Morgan fingerprint density at radius 1 is 0.971 bits per heavy atom. The van der Waals surface area contributed by atoms with E-state index >= 15 is 0 Å². The number of piperazine rings is 1. The third-order valence-electron chi connectivity index (χ3n) is 5.66. The van der Waals surface area contributed by atoms with Gasteiger partial charge in [-0.15, -0.1) is 10.2 Å². The number of nitrogens with zero attached hydrogens (tertiary/aromatic N) is 4. The standard InChI is InChI=1S/C24H27FN6O3S/c1-34-20-9-7-19(8-10-20)31-15-13-30(14-16-31)12-2-11-26-21(32)23-28-29-24(35-23)22(33)27-18-5-3-17(25)4-6-18/h3-10H,2,11-16H2,1H3,(H,26,32)(H,27,33). The van der Waals surface area contributed by atoms with Gasteiger partial charge in [0.1, 0.15) is 11.6 Å². The van der Waals surface area contributed by atoms with Crippen molar-refractivity contribution in [3.05, 3.63) is 64.4 Å². The van der Waals surface area contributed by atoms with E-state index in [2.05, 4.69) is 42.8 Å². The third-order valence-corrected chi connectivity index (χ3v) is 6.58. The number of hydrogen-bond acceptors (Lipinski definition) is 8. The molecule has 2 amide bonds. The number of halogens is 1. The van der Waals surface area contributed by atoms with Gasteiger partial charge in [-0.25, -0.2) is 4.39 Å². The van der Waals surface area contributed by atoms with E-state index in [1.54, 1.807) is 7.11 Å². The lowest BCUT2D eigenvalue weighted by atomic mass is 10.2. The summed E-state index contributed by atoms with van der Waals surface area (Å²) in [6.45, 7) is 5.22. The van der Waals surface area contributed by atoms with Crippen LogP contribution in [0.25, 0.3) is 0 Å². The number of anilines is 2. The zero-order valence-corrected chi connectivity index (χ0v) is 20.2. The monoisotopic (exact) mass is 498 g/mol. The number of amides is 2. The van der Waals surface area contributed by atoms with Gasteiger partial charge in [-0.3, -0.25) is 14.5 Å². The molecule has 2 heterocycles. The summed E-state index contributed by atoms with van der Waals surface area (Å²) in [6, 6.07) is 13.5. The average Bonchev–Trinajstić information content (AvgIpc) is 3.39. The number of hydrogen-bond donors (Lipinski definition) is 2. The molecule has 35 heavy (non-hydrogen) atoms. The van der Waals surface area contributed by atoms with Crippen LogP contribution in [0.1, 0.15) is 26.0 Å². The number of rotatable bonds is 9. The second-order valence-electron chi connectivity index (χ2n) is 8.01. The van der Waals surface area contributed by atoms with E-state index in [9.17, 15) is 14.0 Å².